The van der Waals surface area contributed by atoms with Crippen molar-refractivity contribution < 1.29 is 9.53 Å². The Hall–Kier alpha value is -1.41. The Morgan fingerprint density at radius 2 is 2.00 bits per heavy atom. The van der Waals surface area contributed by atoms with Gasteiger partial charge in [-0.3, -0.25) is 9.78 Å². The van der Waals surface area contributed by atoms with Crippen LogP contribution in [0.25, 0.3) is 10.2 Å². The third-order valence-corrected chi connectivity index (χ3v) is 5.25. The Morgan fingerprint density at radius 3 is 2.55 bits per heavy atom. The van der Waals surface area contributed by atoms with Gasteiger partial charge in [-0.05, 0) is 42.3 Å². The Bertz CT molecular complexity index is 815. The number of rotatable bonds is 2. The summed E-state index contributed by atoms with van der Waals surface area (Å²) in [5.41, 5.74) is -1.78. The lowest BCUT2D eigenvalue weighted by Crippen LogP contribution is -2.50. The van der Waals surface area contributed by atoms with Gasteiger partial charge in [-0.15, -0.1) is 11.3 Å². The molecule has 2 aromatic heterocycles. The van der Waals surface area contributed by atoms with Crippen molar-refractivity contribution in [3.8, 4) is 0 Å². The second kappa shape index (κ2) is 4.85. The number of thiophene rings is 1. The highest BCUT2D eigenvalue weighted by Gasteiger charge is 2.35. The molecule has 0 aliphatic heterocycles. The molecule has 0 unspecified atom stereocenters. The van der Waals surface area contributed by atoms with E-state index in [1.165, 1.54) is 32.3 Å². The second-order valence-electron chi connectivity index (χ2n) is 4.83. The predicted molar refractivity (Wildman–Crippen MR) is 80.5 cm³/mol. The fraction of sp³-hybridized carbons (Fsp3) is 0.417. The van der Waals surface area contributed by atoms with Crippen molar-refractivity contribution in [2.75, 3.05) is 7.11 Å². The van der Waals surface area contributed by atoms with Crippen LogP contribution in [-0.2, 0) is 15.1 Å². The van der Waals surface area contributed by atoms with E-state index < -0.39 is 22.8 Å². The highest BCUT2D eigenvalue weighted by atomic mass is 79.9. The topological polar surface area (TPSA) is 81.2 Å². The standard InChI is InChI=1S/C12H13BrN2O4S/c1-5-6-8(20-7(5)13)14-11(18)15(9(6)16)12(2,3)10(17)19-4/h1-4H3,(H,14,18). The maximum Gasteiger partial charge on any atom is 0.331 e. The summed E-state index contributed by atoms with van der Waals surface area (Å²) in [5, 5.41) is 0.401. The Labute approximate surface area is 126 Å². The zero-order valence-electron chi connectivity index (χ0n) is 11.4. The number of aromatic nitrogens is 2. The highest BCUT2D eigenvalue weighted by molar-refractivity contribution is 9.11. The normalized spacial score (nSPS) is 11.8. The van der Waals surface area contributed by atoms with E-state index in [-0.39, 0.29) is 0 Å². The summed E-state index contributed by atoms with van der Waals surface area (Å²) in [5.74, 6) is -0.656. The molecule has 1 N–H and O–H groups in total. The molecule has 8 heteroatoms. The summed E-state index contributed by atoms with van der Waals surface area (Å²) >= 11 is 4.61. The zero-order chi connectivity index (χ0) is 15.2. The number of esters is 1. The molecular weight excluding hydrogens is 348 g/mol. The molecule has 2 rings (SSSR count). The van der Waals surface area contributed by atoms with Gasteiger partial charge in [0.05, 0.1) is 16.3 Å². The van der Waals surface area contributed by atoms with Crippen molar-refractivity contribution in [1.82, 2.24) is 9.55 Å². The maximum absolute atomic E-state index is 12.6. The van der Waals surface area contributed by atoms with Crippen molar-refractivity contribution in [3.05, 3.63) is 30.2 Å². The van der Waals surface area contributed by atoms with Crippen LogP contribution in [0.4, 0.5) is 0 Å². The number of carbonyl (C=O) groups excluding carboxylic acids is 1. The van der Waals surface area contributed by atoms with E-state index in [0.717, 1.165) is 13.9 Å². The molecule has 0 spiro atoms. The van der Waals surface area contributed by atoms with Crippen LogP contribution in [0, 0.1) is 6.92 Å². The number of hydrogen-bond acceptors (Lipinski definition) is 5. The van der Waals surface area contributed by atoms with Gasteiger partial charge < -0.3 is 4.74 Å². The Morgan fingerprint density at radius 1 is 1.40 bits per heavy atom. The molecule has 6 nitrogen and oxygen atoms in total. The van der Waals surface area contributed by atoms with E-state index >= 15 is 0 Å². The first-order valence-corrected chi connectivity index (χ1v) is 7.35. The van der Waals surface area contributed by atoms with Gasteiger partial charge in [-0.2, -0.15) is 0 Å². The van der Waals surface area contributed by atoms with Crippen LogP contribution >= 0.6 is 27.3 Å². The van der Waals surface area contributed by atoms with Crippen molar-refractivity contribution in [3.63, 3.8) is 0 Å². The van der Waals surface area contributed by atoms with Crippen molar-refractivity contribution >= 4 is 43.5 Å². The van der Waals surface area contributed by atoms with Crippen molar-refractivity contribution in [2.24, 2.45) is 0 Å². The van der Waals surface area contributed by atoms with Crippen LogP contribution in [0.2, 0.25) is 0 Å². The highest BCUT2D eigenvalue weighted by Crippen LogP contribution is 2.31. The number of aromatic amines is 1. The van der Waals surface area contributed by atoms with Crippen LogP contribution in [-0.4, -0.2) is 22.6 Å². The first kappa shape index (κ1) is 15.0. The molecule has 0 aliphatic carbocycles. The lowest BCUT2D eigenvalue weighted by Gasteiger charge is -2.23. The number of fused-ring (bicyclic) bond motifs is 1. The molecular formula is C12H13BrN2O4S. The van der Waals surface area contributed by atoms with Gasteiger partial charge in [-0.1, -0.05) is 0 Å². The molecule has 0 fully saturated rings. The minimum atomic E-state index is -1.38. The van der Waals surface area contributed by atoms with E-state index in [0.29, 0.717) is 10.2 Å². The fourth-order valence-electron chi connectivity index (χ4n) is 2.04. The maximum atomic E-state index is 12.6. The molecule has 0 saturated heterocycles. The van der Waals surface area contributed by atoms with Gasteiger partial charge >= 0.3 is 11.7 Å². The minimum absolute atomic E-state index is 0.401. The lowest BCUT2D eigenvalue weighted by atomic mass is 10.1. The fourth-order valence-corrected chi connectivity index (χ4v) is 3.64. The first-order chi connectivity index (χ1) is 9.21. The predicted octanol–water partition coefficient (Wildman–Crippen LogP) is 1.73. The van der Waals surface area contributed by atoms with Crippen LogP contribution < -0.4 is 11.2 Å². The molecule has 0 aromatic carbocycles. The average Bonchev–Trinajstić information content (AvgIpc) is 2.63. The van der Waals surface area contributed by atoms with Gasteiger partial charge in [0.25, 0.3) is 5.56 Å². The molecule has 108 valence electrons. The Balaban J connectivity index is 2.92. The number of H-pyrrole nitrogens is 1. The molecule has 0 radical (unpaired) electrons. The number of aryl methyl sites for hydroxylation is 1. The lowest BCUT2D eigenvalue weighted by molar-refractivity contribution is -0.149. The number of hydrogen-bond donors (Lipinski definition) is 1. The molecule has 0 atom stereocenters. The SMILES string of the molecule is COC(=O)C(C)(C)n1c(=O)[nH]c2sc(Br)c(C)c2c1=O. The number of methoxy groups -OCH3 is 1. The third-order valence-electron chi connectivity index (χ3n) is 3.17. The summed E-state index contributed by atoms with van der Waals surface area (Å²) in [7, 11) is 1.22. The van der Waals surface area contributed by atoms with Gasteiger partial charge in [0, 0.05) is 0 Å². The van der Waals surface area contributed by atoms with E-state index in [4.69, 9.17) is 0 Å². The minimum Gasteiger partial charge on any atom is -0.467 e. The van der Waals surface area contributed by atoms with Gasteiger partial charge in [0.2, 0.25) is 0 Å². The van der Waals surface area contributed by atoms with E-state index in [9.17, 15) is 14.4 Å². The molecule has 0 amide bonds. The monoisotopic (exact) mass is 360 g/mol. The molecule has 2 heterocycles. The molecule has 2 aromatic rings. The largest absolute Gasteiger partial charge is 0.467 e. The number of ether oxygens (including phenoxy) is 1. The third kappa shape index (κ3) is 2.03. The quantitative estimate of drug-likeness (QED) is 0.826. The van der Waals surface area contributed by atoms with Crippen molar-refractivity contribution in [1.29, 1.82) is 0 Å². The molecule has 20 heavy (non-hydrogen) atoms. The Kier molecular flexibility index (Phi) is 3.64. The first-order valence-electron chi connectivity index (χ1n) is 5.74. The average molecular weight is 361 g/mol. The number of halogens is 1. The van der Waals surface area contributed by atoms with E-state index in [2.05, 4.69) is 25.7 Å². The van der Waals surface area contributed by atoms with Crippen LogP contribution in [0.1, 0.15) is 19.4 Å². The van der Waals surface area contributed by atoms with Crippen LogP contribution in [0.3, 0.4) is 0 Å². The van der Waals surface area contributed by atoms with E-state index in [1.807, 2.05) is 0 Å². The summed E-state index contributed by atoms with van der Waals surface area (Å²) < 4.78 is 6.34. The summed E-state index contributed by atoms with van der Waals surface area (Å²) in [6.07, 6.45) is 0. The number of nitrogens with zero attached hydrogens (tertiary/aromatic N) is 1. The molecule has 0 bridgehead atoms. The molecule has 0 saturated carbocycles. The smallest absolute Gasteiger partial charge is 0.331 e. The summed E-state index contributed by atoms with van der Waals surface area (Å²) in [6, 6.07) is 0. The summed E-state index contributed by atoms with van der Waals surface area (Å²) in [4.78, 5) is 39.6. The van der Waals surface area contributed by atoms with Gasteiger partial charge in [0.15, 0.2) is 0 Å². The zero-order valence-corrected chi connectivity index (χ0v) is 13.8. The molecule has 0 aliphatic rings. The van der Waals surface area contributed by atoms with Crippen LogP contribution in [0.15, 0.2) is 13.4 Å². The van der Waals surface area contributed by atoms with Gasteiger partial charge in [-0.25, -0.2) is 14.2 Å². The van der Waals surface area contributed by atoms with Crippen LogP contribution in [0.5, 0.6) is 0 Å². The number of carbonyl (C=O) groups is 1. The number of nitrogens with one attached hydrogen (secondary N) is 1. The summed E-state index contributed by atoms with van der Waals surface area (Å²) in [6.45, 7) is 4.72. The van der Waals surface area contributed by atoms with Crippen molar-refractivity contribution in [2.45, 2.75) is 26.3 Å². The van der Waals surface area contributed by atoms with E-state index in [1.54, 1.807) is 6.92 Å². The second-order valence-corrected chi connectivity index (χ2v) is 7.16. The van der Waals surface area contributed by atoms with Gasteiger partial charge in [0.1, 0.15) is 10.4 Å².